The molecule has 1 aromatic rings. The topological polar surface area (TPSA) is 73.3 Å². The van der Waals surface area contributed by atoms with Gasteiger partial charge in [0.05, 0.1) is 11.0 Å². The third-order valence-electron chi connectivity index (χ3n) is 1.77. The highest BCUT2D eigenvalue weighted by Crippen LogP contribution is 2.21. The Kier molecular flexibility index (Phi) is 3.83. The zero-order valence-corrected chi connectivity index (χ0v) is 10.3. The van der Waals surface area contributed by atoms with Crippen LogP contribution >= 0.6 is 15.9 Å². The molecule has 0 amide bonds. The standard InChI is InChI=1S/C9H10BrN3O3/c1-11(2)4-3-7-6-12(14)9(10)5-8(7)13(15)16/h3-6H,1-2H3. The Balaban J connectivity index is 3.25. The SMILES string of the molecule is CN(C)C=Cc1c[n+]([O-])c(Br)cc1[N+](=O)[O-]. The molecule has 0 saturated carbocycles. The van der Waals surface area contributed by atoms with Crippen molar-refractivity contribution < 1.29 is 9.65 Å². The van der Waals surface area contributed by atoms with E-state index in [9.17, 15) is 15.3 Å². The van der Waals surface area contributed by atoms with Gasteiger partial charge >= 0.3 is 0 Å². The highest BCUT2D eigenvalue weighted by Gasteiger charge is 2.18. The molecule has 0 N–H and O–H groups in total. The summed E-state index contributed by atoms with van der Waals surface area (Å²) in [5, 5.41) is 22.0. The molecular weight excluding hydrogens is 278 g/mol. The molecule has 0 radical (unpaired) electrons. The first kappa shape index (κ1) is 12.4. The van der Waals surface area contributed by atoms with Crippen LogP contribution in [-0.4, -0.2) is 23.9 Å². The van der Waals surface area contributed by atoms with Crippen LogP contribution in [0.5, 0.6) is 0 Å². The van der Waals surface area contributed by atoms with Crippen molar-refractivity contribution in [3.05, 3.63) is 44.0 Å². The van der Waals surface area contributed by atoms with Gasteiger partial charge in [-0.3, -0.25) is 10.1 Å². The van der Waals surface area contributed by atoms with Crippen molar-refractivity contribution in [2.45, 2.75) is 0 Å². The molecule has 0 unspecified atom stereocenters. The third-order valence-corrected chi connectivity index (χ3v) is 2.35. The second-order valence-corrected chi connectivity index (χ2v) is 4.11. The molecule has 0 aliphatic heterocycles. The van der Waals surface area contributed by atoms with E-state index >= 15 is 0 Å². The van der Waals surface area contributed by atoms with E-state index in [0.29, 0.717) is 4.73 Å². The van der Waals surface area contributed by atoms with Crippen molar-refractivity contribution >= 4 is 27.7 Å². The minimum absolute atomic E-state index is 0.112. The van der Waals surface area contributed by atoms with Crippen LogP contribution in [0.25, 0.3) is 6.08 Å². The van der Waals surface area contributed by atoms with Crippen molar-refractivity contribution in [3.63, 3.8) is 0 Å². The Morgan fingerprint density at radius 2 is 2.19 bits per heavy atom. The minimum atomic E-state index is -0.528. The van der Waals surface area contributed by atoms with Crippen LogP contribution in [0, 0.1) is 15.3 Å². The molecule has 0 atom stereocenters. The summed E-state index contributed by atoms with van der Waals surface area (Å²) < 4.78 is 0.642. The van der Waals surface area contributed by atoms with E-state index in [2.05, 4.69) is 15.9 Å². The van der Waals surface area contributed by atoms with Crippen LogP contribution in [0.4, 0.5) is 5.69 Å². The fraction of sp³-hybridized carbons (Fsp3) is 0.222. The summed E-state index contributed by atoms with van der Waals surface area (Å²) in [7, 11) is 3.57. The van der Waals surface area contributed by atoms with Gasteiger partial charge < -0.3 is 10.1 Å². The van der Waals surface area contributed by atoms with Crippen LogP contribution in [0.1, 0.15) is 5.56 Å². The van der Waals surface area contributed by atoms with Crippen molar-refractivity contribution in [1.82, 2.24) is 4.90 Å². The predicted octanol–water partition coefficient (Wildman–Crippen LogP) is 1.52. The van der Waals surface area contributed by atoms with Gasteiger partial charge in [0.2, 0.25) is 0 Å². The van der Waals surface area contributed by atoms with Gasteiger partial charge in [0.25, 0.3) is 10.3 Å². The lowest BCUT2D eigenvalue weighted by atomic mass is 10.2. The highest BCUT2D eigenvalue weighted by molar-refractivity contribution is 9.10. The maximum absolute atomic E-state index is 11.3. The van der Waals surface area contributed by atoms with Crippen LogP contribution < -0.4 is 4.73 Å². The molecule has 16 heavy (non-hydrogen) atoms. The number of pyridine rings is 1. The average Bonchev–Trinajstić information content (AvgIpc) is 2.18. The Hall–Kier alpha value is -1.63. The van der Waals surface area contributed by atoms with E-state index < -0.39 is 4.92 Å². The average molecular weight is 288 g/mol. The fourth-order valence-corrected chi connectivity index (χ4v) is 1.35. The molecule has 0 aliphatic rings. The van der Waals surface area contributed by atoms with Crippen LogP contribution in [0.3, 0.4) is 0 Å². The molecule has 1 heterocycles. The molecule has 7 heteroatoms. The van der Waals surface area contributed by atoms with Gasteiger partial charge in [-0.15, -0.1) is 0 Å². The first-order valence-electron chi connectivity index (χ1n) is 4.33. The zero-order chi connectivity index (χ0) is 12.3. The summed E-state index contributed by atoms with van der Waals surface area (Å²) in [6.45, 7) is 0. The molecule has 0 bridgehead atoms. The number of aromatic nitrogens is 1. The second-order valence-electron chi connectivity index (χ2n) is 3.30. The summed E-state index contributed by atoms with van der Waals surface area (Å²) in [6.07, 6.45) is 4.30. The molecule has 0 spiro atoms. The Morgan fingerprint density at radius 1 is 1.56 bits per heavy atom. The smallest absolute Gasteiger partial charge is 0.290 e. The fourth-order valence-electron chi connectivity index (χ4n) is 1.03. The van der Waals surface area contributed by atoms with Crippen LogP contribution in [-0.2, 0) is 0 Å². The summed E-state index contributed by atoms with van der Waals surface area (Å²) in [5.41, 5.74) is 0.147. The third kappa shape index (κ3) is 2.93. The van der Waals surface area contributed by atoms with Gasteiger partial charge in [-0.25, -0.2) is 0 Å². The van der Waals surface area contributed by atoms with Gasteiger partial charge in [0.15, 0.2) is 6.20 Å². The molecule has 0 aliphatic carbocycles. The van der Waals surface area contributed by atoms with Gasteiger partial charge in [-0.2, -0.15) is 4.73 Å². The van der Waals surface area contributed by atoms with Crippen molar-refractivity contribution in [1.29, 1.82) is 0 Å². The van der Waals surface area contributed by atoms with Crippen LogP contribution in [0.2, 0.25) is 0 Å². The number of hydrogen-bond donors (Lipinski definition) is 0. The number of rotatable bonds is 3. The van der Waals surface area contributed by atoms with E-state index in [1.807, 2.05) is 0 Å². The summed E-state index contributed by atoms with van der Waals surface area (Å²) in [6, 6.07) is 1.18. The predicted molar refractivity (Wildman–Crippen MR) is 62.5 cm³/mol. The largest absolute Gasteiger partial charge is 0.618 e. The number of nitrogens with zero attached hydrogens (tertiary/aromatic N) is 3. The molecule has 0 saturated heterocycles. The molecule has 1 rings (SSSR count). The van der Waals surface area contributed by atoms with Gasteiger partial charge in [-0.1, -0.05) is 0 Å². The van der Waals surface area contributed by atoms with Gasteiger partial charge in [0.1, 0.15) is 5.56 Å². The summed E-state index contributed by atoms with van der Waals surface area (Å²) in [5.74, 6) is 0. The second kappa shape index (κ2) is 4.93. The monoisotopic (exact) mass is 287 g/mol. The van der Waals surface area contributed by atoms with Gasteiger partial charge in [-0.05, 0) is 12.3 Å². The molecule has 0 fully saturated rings. The molecule has 86 valence electrons. The maximum Gasteiger partial charge on any atom is 0.290 e. The Labute approximate surface area is 101 Å². The number of hydrogen-bond acceptors (Lipinski definition) is 4. The molecular formula is C9H10BrN3O3. The highest BCUT2D eigenvalue weighted by atomic mass is 79.9. The molecule has 0 aromatic carbocycles. The summed E-state index contributed by atoms with van der Waals surface area (Å²) >= 11 is 2.94. The number of nitro groups is 1. The Morgan fingerprint density at radius 3 is 2.69 bits per heavy atom. The van der Waals surface area contributed by atoms with Crippen molar-refractivity contribution in [2.24, 2.45) is 0 Å². The van der Waals surface area contributed by atoms with E-state index in [-0.39, 0.29) is 15.9 Å². The lowest BCUT2D eigenvalue weighted by Gasteiger charge is -2.04. The van der Waals surface area contributed by atoms with Gasteiger partial charge in [0, 0.05) is 30.0 Å². The Bertz CT molecular complexity index is 446. The lowest BCUT2D eigenvalue weighted by molar-refractivity contribution is -0.618. The first-order chi connectivity index (χ1) is 7.41. The van der Waals surface area contributed by atoms with E-state index in [1.165, 1.54) is 12.1 Å². The van der Waals surface area contributed by atoms with Crippen molar-refractivity contribution in [3.8, 4) is 0 Å². The zero-order valence-electron chi connectivity index (χ0n) is 8.75. The van der Waals surface area contributed by atoms with E-state index in [1.54, 1.807) is 25.2 Å². The quantitative estimate of drug-likeness (QED) is 0.278. The van der Waals surface area contributed by atoms with E-state index in [4.69, 9.17) is 0 Å². The first-order valence-corrected chi connectivity index (χ1v) is 5.13. The minimum Gasteiger partial charge on any atom is -0.618 e. The summed E-state index contributed by atoms with van der Waals surface area (Å²) in [4.78, 5) is 12.0. The molecule has 1 aromatic heterocycles. The lowest BCUT2D eigenvalue weighted by Crippen LogP contribution is -2.27. The van der Waals surface area contributed by atoms with Crippen LogP contribution in [0.15, 0.2) is 23.1 Å². The maximum atomic E-state index is 11.3. The van der Waals surface area contributed by atoms with Crippen molar-refractivity contribution in [2.75, 3.05) is 14.1 Å². The molecule has 6 nitrogen and oxygen atoms in total. The van der Waals surface area contributed by atoms with E-state index in [0.717, 1.165) is 6.20 Å². The normalized spacial score (nSPS) is 10.7. The number of halogens is 1.